The normalized spacial score (nSPS) is 15.1. The molecule has 0 saturated carbocycles. The van der Waals surface area contributed by atoms with Gasteiger partial charge in [0.25, 0.3) is 11.8 Å². The highest BCUT2D eigenvalue weighted by Gasteiger charge is 2.37. The molecule has 33 heavy (non-hydrogen) atoms. The molecule has 1 N–H and O–H groups in total. The Bertz CT molecular complexity index is 1330. The van der Waals surface area contributed by atoms with Gasteiger partial charge in [0.1, 0.15) is 17.1 Å². The summed E-state index contributed by atoms with van der Waals surface area (Å²) in [6.45, 7) is 0. The van der Waals surface area contributed by atoms with Gasteiger partial charge in [-0.3, -0.25) is 14.9 Å². The molecule has 1 aliphatic rings. The minimum atomic E-state index is -0.879. The Kier molecular flexibility index (Phi) is 6.04. The van der Waals surface area contributed by atoms with Crippen molar-refractivity contribution in [3.63, 3.8) is 0 Å². The molecule has 8 nitrogen and oxygen atoms in total. The van der Waals surface area contributed by atoms with Crippen LogP contribution in [0.3, 0.4) is 0 Å². The molecule has 0 bridgehead atoms. The zero-order valence-corrected chi connectivity index (χ0v) is 18.4. The van der Waals surface area contributed by atoms with Crippen LogP contribution in [-0.4, -0.2) is 30.9 Å². The number of halogens is 2. The van der Waals surface area contributed by atoms with Crippen molar-refractivity contribution < 1.29 is 28.3 Å². The van der Waals surface area contributed by atoms with Gasteiger partial charge in [-0.25, -0.2) is 14.5 Å². The highest BCUT2D eigenvalue weighted by molar-refractivity contribution is 6.39. The number of barbiturate groups is 1. The summed E-state index contributed by atoms with van der Waals surface area (Å²) in [6.07, 6.45) is 1.22. The fourth-order valence-corrected chi connectivity index (χ4v) is 3.50. The van der Waals surface area contributed by atoms with Crippen molar-refractivity contribution in [2.75, 3.05) is 12.0 Å². The van der Waals surface area contributed by atoms with Crippen LogP contribution in [0.4, 0.5) is 10.5 Å². The maximum Gasteiger partial charge on any atom is 0.337 e. The van der Waals surface area contributed by atoms with Crippen LogP contribution >= 0.6 is 23.2 Å². The number of imide groups is 2. The molecule has 1 aliphatic heterocycles. The van der Waals surface area contributed by atoms with E-state index in [1.54, 1.807) is 6.07 Å². The predicted molar refractivity (Wildman–Crippen MR) is 121 cm³/mol. The molecule has 0 atom stereocenters. The van der Waals surface area contributed by atoms with E-state index in [1.807, 2.05) is 0 Å². The van der Waals surface area contributed by atoms with E-state index in [-0.39, 0.29) is 22.6 Å². The third-order valence-corrected chi connectivity index (χ3v) is 5.33. The van der Waals surface area contributed by atoms with E-state index < -0.39 is 23.8 Å². The van der Waals surface area contributed by atoms with E-state index in [2.05, 4.69) is 5.32 Å². The molecular weight excluding hydrogens is 471 g/mol. The minimum absolute atomic E-state index is 0.161. The SMILES string of the molecule is COC(=O)c1ccc(Cl)c(-c2ccc(/C=C3\C(=O)NC(=O)N(c4ccc(Cl)cc4)C3=O)o2)c1. The Morgan fingerprint density at radius 2 is 1.76 bits per heavy atom. The maximum atomic E-state index is 12.9. The van der Waals surface area contributed by atoms with Gasteiger partial charge in [-0.05, 0) is 60.7 Å². The van der Waals surface area contributed by atoms with Crippen LogP contribution in [0, 0.1) is 0 Å². The van der Waals surface area contributed by atoms with Crippen LogP contribution in [0.1, 0.15) is 16.1 Å². The van der Waals surface area contributed by atoms with Crippen molar-refractivity contribution in [3.8, 4) is 11.3 Å². The number of esters is 1. The van der Waals surface area contributed by atoms with Gasteiger partial charge in [0.2, 0.25) is 0 Å². The van der Waals surface area contributed by atoms with E-state index in [0.29, 0.717) is 21.4 Å². The summed E-state index contributed by atoms with van der Waals surface area (Å²) >= 11 is 12.1. The summed E-state index contributed by atoms with van der Waals surface area (Å²) in [4.78, 5) is 50.2. The molecule has 166 valence electrons. The van der Waals surface area contributed by atoms with Gasteiger partial charge in [0.15, 0.2) is 0 Å². The second kappa shape index (κ2) is 8.93. The Balaban J connectivity index is 1.68. The smallest absolute Gasteiger partial charge is 0.337 e. The number of amides is 4. The Labute approximate surface area is 197 Å². The predicted octanol–water partition coefficient (Wildman–Crippen LogP) is 4.71. The Morgan fingerprint density at radius 3 is 2.45 bits per heavy atom. The first-order valence-electron chi connectivity index (χ1n) is 9.43. The van der Waals surface area contributed by atoms with Crippen LogP contribution < -0.4 is 10.2 Å². The van der Waals surface area contributed by atoms with Gasteiger partial charge in [-0.1, -0.05) is 23.2 Å². The fraction of sp³-hybridized carbons (Fsp3) is 0.0435. The van der Waals surface area contributed by atoms with Gasteiger partial charge in [-0.2, -0.15) is 0 Å². The third kappa shape index (κ3) is 4.39. The lowest BCUT2D eigenvalue weighted by Gasteiger charge is -2.26. The zero-order valence-electron chi connectivity index (χ0n) is 16.9. The number of nitrogens with zero attached hydrogens (tertiary/aromatic N) is 1. The summed E-state index contributed by atoms with van der Waals surface area (Å²) in [5.74, 6) is -1.77. The number of benzene rings is 2. The molecule has 1 fully saturated rings. The number of carbonyl (C=O) groups is 4. The number of carbonyl (C=O) groups excluding carboxylic acids is 4. The maximum absolute atomic E-state index is 12.9. The van der Waals surface area contributed by atoms with E-state index in [9.17, 15) is 19.2 Å². The lowest BCUT2D eigenvalue weighted by molar-refractivity contribution is -0.122. The number of urea groups is 1. The molecular formula is C23H14Cl2N2O6. The summed E-state index contributed by atoms with van der Waals surface area (Å²) < 4.78 is 10.5. The number of nitrogens with one attached hydrogen (secondary N) is 1. The van der Waals surface area contributed by atoms with Crippen molar-refractivity contribution in [3.05, 3.63) is 81.5 Å². The zero-order chi connectivity index (χ0) is 23.7. The Morgan fingerprint density at radius 1 is 1.03 bits per heavy atom. The van der Waals surface area contributed by atoms with Crippen LogP contribution in [0.2, 0.25) is 10.0 Å². The highest BCUT2D eigenvalue weighted by Crippen LogP contribution is 2.32. The molecule has 2 heterocycles. The van der Waals surface area contributed by atoms with E-state index in [0.717, 1.165) is 4.90 Å². The first-order chi connectivity index (χ1) is 15.8. The van der Waals surface area contributed by atoms with E-state index in [1.165, 1.54) is 61.7 Å². The second-order valence-corrected chi connectivity index (χ2v) is 7.67. The number of hydrogen-bond acceptors (Lipinski definition) is 6. The van der Waals surface area contributed by atoms with Gasteiger partial charge in [-0.15, -0.1) is 0 Å². The summed E-state index contributed by atoms with van der Waals surface area (Å²) in [6, 6.07) is 12.7. The van der Waals surface area contributed by atoms with Crippen molar-refractivity contribution >= 4 is 58.8 Å². The average Bonchev–Trinajstić information content (AvgIpc) is 3.26. The molecule has 0 unspecified atom stereocenters. The highest BCUT2D eigenvalue weighted by atomic mass is 35.5. The number of hydrogen-bond donors (Lipinski definition) is 1. The monoisotopic (exact) mass is 484 g/mol. The van der Waals surface area contributed by atoms with E-state index in [4.69, 9.17) is 32.4 Å². The van der Waals surface area contributed by atoms with Crippen LogP contribution in [0.15, 0.2) is 64.6 Å². The third-order valence-electron chi connectivity index (χ3n) is 4.75. The molecule has 0 radical (unpaired) electrons. The van der Waals surface area contributed by atoms with Gasteiger partial charge < -0.3 is 9.15 Å². The van der Waals surface area contributed by atoms with Crippen molar-refractivity contribution in [1.82, 2.24) is 5.32 Å². The van der Waals surface area contributed by atoms with Crippen molar-refractivity contribution in [1.29, 1.82) is 0 Å². The van der Waals surface area contributed by atoms with Crippen molar-refractivity contribution in [2.24, 2.45) is 0 Å². The van der Waals surface area contributed by atoms with Gasteiger partial charge >= 0.3 is 12.0 Å². The molecule has 10 heteroatoms. The molecule has 0 spiro atoms. The minimum Gasteiger partial charge on any atom is -0.465 e. The van der Waals surface area contributed by atoms with Gasteiger partial charge in [0, 0.05) is 10.6 Å². The first kappa shape index (κ1) is 22.3. The lowest BCUT2D eigenvalue weighted by atomic mass is 10.1. The largest absolute Gasteiger partial charge is 0.465 e. The molecule has 4 amide bonds. The van der Waals surface area contributed by atoms with Gasteiger partial charge in [0.05, 0.1) is 23.4 Å². The molecule has 1 aromatic heterocycles. The number of anilines is 1. The standard InChI is InChI=1S/C23H14Cl2N2O6/c1-32-22(30)12-2-8-18(25)16(10-12)19-9-7-15(33-19)11-17-20(28)26-23(31)27(21(17)29)14-5-3-13(24)4-6-14/h2-11H,1H3,(H,26,28,31)/b17-11+. The number of rotatable bonds is 4. The molecule has 4 rings (SSSR count). The number of methoxy groups -OCH3 is 1. The average molecular weight is 485 g/mol. The quantitative estimate of drug-likeness (QED) is 0.326. The summed E-state index contributed by atoms with van der Waals surface area (Å²) in [5.41, 5.74) is 0.625. The number of ether oxygens (including phenoxy) is 1. The second-order valence-electron chi connectivity index (χ2n) is 6.82. The van der Waals surface area contributed by atoms with Crippen molar-refractivity contribution in [2.45, 2.75) is 0 Å². The first-order valence-corrected chi connectivity index (χ1v) is 10.2. The fourth-order valence-electron chi connectivity index (χ4n) is 3.16. The van der Waals surface area contributed by atoms with Crippen LogP contribution in [0.25, 0.3) is 17.4 Å². The summed E-state index contributed by atoms with van der Waals surface area (Å²) in [5, 5.41) is 2.88. The molecule has 0 aliphatic carbocycles. The molecule has 1 saturated heterocycles. The number of furan rings is 1. The lowest BCUT2D eigenvalue weighted by Crippen LogP contribution is -2.54. The summed E-state index contributed by atoms with van der Waals surface area (Å²) in [7, 11) is 1.26. The Hall–Kier alpha value is -3.88. The van der Waals surface area contributed by atoms with E-state index >= 15 is 0 Å². The van der Waals surface area contributed by atoms with Crippen LogP contribution in [-0.2, 0) is 14.3 Å². The molecule has 2 aromatic carbocycles. The topological polar surface area (TPSA) is 106 Å². The molecule has 3 aromatic rings. The van der Waals surface area contributed by atoms with Crippen LogP contribution in [0.5, 0.6) is 0 Å².